The second kappa shape index (κ2) is 4.06. The number of alkyl halides is 1. The Morgan fingerprint density at radius 1 is 1.47 bits per heavy atom. The summed E-state index contributed by atoms with van der Waals surface area (Å²) in [5, 5.41) is 1.26. The van der Waals surface area contributed by atoms with Crippen molar-refractivity contribution in [2.45, 2.75) is 31.5 Å². The zero-order valence-corrected chi connectivity index (χ0v) is 12.5. The quantitative estimate of drug-likeness (QED) is 0.752. The van der Waals surface area contributed by atoms with Crippen molar-refractivity contribution >= 4 is 37.5 Å². The third-order valence-corrected chi connectivity index (χ3v) is 5.75. The molecule has 3 heteroatoms. The van der Waals surface area contributed by atoms with Gasteiger partial charge >= 0.3 is 0 Å². The molecule has 3 rings (SSSR count). The highest BCUT2D eigenvalue weighted by molar-refractivity contribution is 9.09. The molecule has 1 heterocycles. The van der Waals surface area contributed by atoms with E-state index in [4.69, 9.17) is 4.98 Å². The van der Waals surface area contributed by atoms with Crippen molar-refractivity contribution in [2.24, 2.45) is 11.3 Å². The van der Waals surface area contributed by atoms with Gasteiger partial charge in [-0.3, -0.25) is 0 Å². The van der Waals surface area contributed by atoms with Crippen LogP contribution in [0.5, 0.6) is 0 Å². The minimum atomic E-state index is 0.533. The molecule has 1 aromatic carbocycles. The van der Waals surface area contributed by atoms with Gasteiger partial charge in [-0.05, 0) is 29.9 Å². The van der Waals surface area contributed by atoms with Crippen LogP contribution in [0.25, 0.3) is 10.2 Å². The van der Waals surface area contributed by atoms with Gasteiger partial charge in [0.25, 0.3) is 0 Å². The standard InChI is InChI=1S/C14H16BrNS/c1-14(2)8-9(14)10(15)7-13-16-11-5-3-4-6-12(11)17-13/h3-6,9-10H,7-8H2,1-2H3. The average Bonchev–Trinajstić information content (AvgIpc) is 2.73. The number of aromatic nitrogens is 1. The Morgan fingerprint density at radius 3 is 2.82 bits per heavy atom. The fraction of sp³-hybridized carbons (Fsp3) is 0.500. The number of thiazole rings is 1. The third-order valence-electron chi connectivity index (χ3n) is 3.73. The first-order valence-corrected chi connectivity index (χ1v) is 7.78. The van der Waals surface area contributed by atoms with Crippen LogP contribution < -0.4 is 0 Å². The average molecular weight is 310 g/mol. The summed E-state index contributed by atoms with van der Waals surface area (Å²) < 4.78 is 1.30. The summed E-state index contributed by atoms with van der Waals surface area (Å²) in [5.74, 6) is 0.814. The van der Waals surface area contributed by atoms with Crippen molar-refractivity contribution in [2.75, 3.05) is 0 Å². The Balaban J connectivity index is 1.77. The molecule has 0 amide bonds. The first-order chi connectivity index (χ1) is 8.06. The molecule has 17 heavy (non-hydrogen) atoms. The van der Waals surface area contributed by atoms with E-state index in [1.165, 1.54) is 16.1 Å². The van der Waals surface area contributed by atoms with Gasteiger partial charge in [0.1, 0.15) is 0 Å². The van der Waals surface area contributed by atoms with Crippen molar-refractivity contribution < 1.29 is 0 Å². The summed E-state index contributed by atoms with van der Waals surface area (Å²) >= 11 is 5.67. The molecule has 1 aromatic heterocycles. The highest BCUT2D eigenvalue weighted by atomic mass is 79.9. The molecule has 0 bridgehead atoms. The first-order valence-electron chi connectivity index (χ1n) is 6.05. The van der Waals surface area contributed by atoms with Crippen LogP contribution in [0.1, 0.15) is 25.3 Å². The lowest BCUT2D eigenvalue weighted by Crippen LogP contribution is -2.09. The Kier molecular flexibility index (Phi) is 2.79. The lowest BCUT2D eigenvalue weighted by molar-refractivity contribution is 0.545. The molecule has 0 radical (unpaired) electrons. The highest BCUT2D eigenvalue weighted by Crippen LogP contribution is 2.56. The van der Waals surface area contributed by atoms with E-state index in [0.717, 1.165) is 17.9 Å². The second-order valence-electron chi connectivity index (χ2n) is 5.59. The normalized spacial score (nSPS) is 23.8. The van der Waals surface area contributed by atoms with Crippen molar-refractivity contribution in [3.05, 3.63) is 29.3 Å². The summed E-state index contributed by atoms with van der Waals surface area (Å²) in [4.78, 5) is 5.28. The van der Waals surface area contributed by atoms with Crippen molar-refractivity contribution in [3.8, 4) is 0 Å². The van der Waals surface area contributed by atoms with Gasteiger partial charge in [0, 0.05) is 11.2 Å². The molecule has 90 valence electrons. The Morgan fingerprint density at radius 2 is 2.18 bits per heavy atom. The molecule has 1 nitrogen and oxygen atoms in total. The van der Waals surface area contributed by atoms with Gasteiger partial charge in [-0.1, -0.05) is 41.9 Å². The highest BCUT2D eigenvalue weighted by Gasteiger charge is 2.49. The SMILES string of the molecule is CC1(C)CC1C(Br)Cc1nc2ccccc2s1. The number of hydrogen-bond acceptors (Lipinski definition) is 2. The van der Waals surface area contributed by atoms with E-state index in [0.29, 0.717) is 10.2 Å². The molecule has 1 saturated carbocycles. The molecule has 1 fully saturated rings. The molecule has 2 aromatic rings. The largest absolute Gasteiger partial charge is 0.241 e. The lowest BCUT2D eigenvalue weighted by atomic mass is 10.1. The molecule has 0 spiro atoms. The van der Waals surface area contributed by atoms with Crippen molar-refractivity contribution in [1.82, 2.24) is 4.98 Å². The predicted octanol–water partition coefficient (Wildman–Crippen LogP) is 4.65. The van der Waals surface area contributed by atoms with Crippen LogP contribution >= 0.6 is 27.3 Å². The van der Waals surface area contributed by atoms with Crippen molar-refractivity contribution in [3.63, 3.8) is 0 Å². The predicted molar refractivity (Wildman–Crippen MR) is 77.9 cm³/mol. The number of nitrogens with zero attached hydrogens (tertiary/aromatic N) is 1. The van der Waals surface area contributed by atoms with Gasteiger partial charge in [0.15, 0.2) is 0 Å². The monoisotopic (exact) mass is 309 g/mol. The smallest absolute Gasteiger partial charge is 0.0949 e. The molecule has 2 atom stereocenters. The van der Waals surface area contributed by atoms with Crippen LogP contribution in [0.4, 0.5) is 0 Å². The molecule has 0 aliphatic heterocycles. The van der Waals surface area contributed by atoms with Gasteiger partial charge < -0.3 is 0 Å². The number of hydrogen-bond donors (Lipinski definition) is 0. The van der Waals surface area contributed by atoms with Crippen molar-refractivity contribution in [1.29, 1.82) is 0 Å². The minimum absolute atomic E-state index is 0.533. The third kappa shape index (κ3) is 2.27. The summed E-state index contributed by atoms with van der Waals surface area (Å²) in [6, 6.07) is 8.39. The van der Waals surface area contributed by atoms with Gasteiger partial charge in [-0.15, -0.1) is 11.3 Å². The van der Waals surface area contributed by atoms with Gasteiger partial charge in [-0.2, -0.15) is 0 Å². The number of rotatable bonds is 3. The van der Waals surface area contributed by atoms with Crippen LogP contribution in [0.2, 0.25) is 0 Å². The van der Waals surface area contributed by atoms with E-state index in [1.807, 2.05) is 11.3 Å². The topological polar surface area (TPSA) is 12.9 Å². The molecule has 1 aliphatic rings. The van der Waals surface area contributed by atoms with Gasteiger partial charge in [0.2, 0.25) is 0 Å². The van der Waals surface area contributed by atoms with Crippen LogP contribution in [0.3, 0.4) is 0 Å². The van der Waals surface area contributed by atoms with E-state index in [1.54, 1.807) is 0 Å². The van der Waals surface area contributed by atoms with E-state index in [2.05, 4.69) is 54.0 Å². The number of para-hydroxylation sites is 1. The minimum Gasteiger partial charge on any atom is -0.241 e. The van der Waals surface area contributed by atoms with Crippen LogP contribution in [-0.4, -0.2) is 9.81 Å². The Labute approximate surface area is 114 Å². The summed E-state index contributed by atoms with van der Waals surface area (Å²) in [6.07, 6.45) is 2.40. The van der Waals surface area contributed by atoms with E-state index >= 15 is 0 Å². The van der Waals surface area contributed by atoms with E-state index in [9.17, 15) is 0 Å². The maximum atomic E-state index is 4.70. The fourth-order valence-corrected chi connectivity index (χ4v) is 4.89. The maximum absolute atomic E-state index is 4.70. The molecule has 0 N–H and O–H groups in total. The maximum Gasteiger partial charge on any atom is 0.0949 e. The first kappa shape index (κ1) is 11.7. The van der Waals surface area contributed by atoms with Crippen LogP contribution in [-0.2, 0) is 6.42 Å². The molecular weight excluding hydrogens is 294 g/mol. The summed E-state index contributed by atoms with van der Waals surface area (Å²) in [5.41, 5.74) is 1.67. The molecule has 2 unspecified atom stereocenters. The van der Waals surface area contributed by atoms with E-state index < -0.39 is 0 Å². The van der Waals surface area contributed by atoms with Gasteiger partial charge in [-0.25, -0.2) is 4.98 Å². The number of halogens is 1. The molecular formula is C14H16BrNS. The summed E-state index contributed by atoms with van der Waals surface area (Å²) in [7, 11) is 0. The molecule has 1 aliphatic carbocycles. The lowest BCUT2D eigenvalue weighted by Gasteiger charge is -2.09. The van der Waals surface area contributed by atoms with Gasteiger partial charge in [0.05, 0.1) is 15.2 Å². The summed E-state index contributed by atoms with van der Waals surface area (Å²) in [6.45, 7) is 4.70. The van der Waals surface area contributed by atoms with Crippen LogP contribution in [0.15, 0.2) is 24.3 Å². The number of fused-ring (bicyclic) bond motifs is 1. The molecule has 0 saturated heterocycles. The fourth-order valence-electron chi connectivity index (χ4n) is 2.44. The van der Waals surface area contributed by atoms with E-state index in [-0.39, 0.29) is 0 Å². The second-order valence-corrected chi connectivity index (χ2v) is 7.89. The Bertz CT molecular complexity index is 513. The van der Waals surface area contributed by atoms with Crippen LogP contribution in [0, 0.1) is 11.3 Å². The zero-order chi connectivity index (χ0) is 12.0. The number of benzene rings is 1. The Hall–Kier alpha value is -0.410. The zero-order valence-electron chi connectivity index (χ0n) is 10.1.